The molecule has 24 heavy (non-hydrogen) atoms. The van der Waals surface area contributed by atoms with E-state index >= 15 is 0 Å². The highest BCUT2D eigenvalue weighted by Crippen LogP contribution is 2.32. The van der Waals surface area contributed by atoms with E-state index in [0.29, 0.717) is 25.6 Å². The van der Waals surface area contributed by atoms with E-state index in [0.717, 1.165) is 37.7 Å². The first-order chi connectivity index (χ1) is 11.6. The molecule has 2 heterocycles. The van der Waals surface area contributed by atoms with E-state index in [-0.39, 0.29) is 17.6 Å². The fraction of sp³-hybridized carbons (Fsp3) is 0.611. The number of halogens is 2. The van der Waals surface area contributed by atoms with Crippen LogP contribution < -0.4 is 0 Å². The molecule has 1 saturated carbocycles. The molecule has 4 rings (SSSR count). The van der Waals surface area contributed by atoms with Gasteiger partial charge in [0, 0.05) is 44.2 Å². The van der Waals surface area contributed by atoms with Crippen molar-refractivity contribution in [3.05, 3.63) is 35.4 Å². The van der Waals surface area contributed by atoms with Crippen LogP contribution in [-0.2, 0) is 4.74 Å². The van der Waals surface area contributed by atoms with Crippen molar-refractivity contribution in [2.75, 3.05) is 39.3 Å². The van der Waals surface area contributed by atoms with Gasteiger partial charge in [-0.05, 0) is 37.0 Å². The van der Waals surface area contributed by atoms with Crippen molar-refractivity contribution in [1.82, 2.24) is 9.80 Å². The number of hydrogen-bond acceptors (Lipinski definition) is 3. The maximum absolute atomic E-state index is 13.4. The van der Waals surface area contributed by atoms with E-state index in [1.165, 1.54) is 18.9 Å². The molecule has 1 aliphatic carbocycles. The Labute approximate surface area is 140 Å². The molecule has 0 radical (unpaired) electrons. The maximum Gasteiger partial charge on any atom is 0.254 e. The first-order valence-corrected chi connectivity index (χ1v) is 8.68. The topological polar surface area (TPSA) is 32.8 Å². The van der Waals surface area contributed by atoms with Crippen LogP contribution in [0.1, 0.15) is 23.2 Å². The molecule has 2 aliphatic heterocycles. The summed E-state index contributed by atoms with van der Waals surface area (Å²) in [6.07, 6.45) is 2.70. The lowest BCUT2D eigenvalue weighted by molar-refractivity contribution is 0.0484. The third-order valence-electron chi connectivity index (χ3n) is 5.28. The van der Waals surface area contributed by atoms with Gasteiger partial charge in [-0.25, -0.2) is 8.78 Å². The molecule has 1 aromatic rings. The molecule has 2 saturated heterocycles. The Hall–Kier alpha value is -1.53. The first kappa shape index (κ1) is 16.0. The van der Waals surface area contributed by atoms with E-state index in [2.05, 4.69) is 4.90 Å². The molecule has 3 aliphatic rings. The molecule has 3 fully saturated rings. The lowest BCUT2D eigenvalue weighted by Gasteiger charge is -2.23. The van der Waals surface area contributed by atoms with Crippen molar-refractivity contribution in [1.29, 1.82) is 0 Å². The number of carbonyl (C=O) groups excluding carboxylic acids is 1. The summed E-state index contributed by atoms with van der Waals surface area (Å²) in [6.45, 7) is 4.87. The van der Waals surface area contributed by atoms with E-state index < -0.39 is 11.6 Å². The Kier molecular flexibility index (Phi) is 4.26. The summed E-state index contributed by atoms with van der Waals surface area (Å²) in [4.78, 5) is 16.7. The molecular weight excluding hydrogens is 314 g/mol. The van der Waals surface area contributed by atoms with E-state index in [9.17, 15) is 13.6 Å². The minimum atomic E-state index is -0.985. The van der Waals surface area contributed by atoms with Gasteiger partial charge in [0.1, 0.15) is 0 Å². The number of likely N-dealkylation sites (tertiary alicyclic amines) is 1. The largest absolute Gasteiger partial charge is 0.375 e. The minimum absolute atomic E-state index is 0.0449. The van der Waals surface area contributed by atoms with Crippen molar-refractivity contribution in [3.63, 3.8) is 0 Å². The molecular formula is C18H22F2N2O2. The minimum Gasteiger partial charge on any atom is -0.375 e. The predicted octanol–water partition coefficient (Wildman–Crippen LogP) is 2.15. The molecule has 0 spiro atoms. The van der Waals surface area contributed by atoms with Crippen molar-refractivity contribution in [2.45, 2.75) is 18.9 Å². The number of amides is 1. The van der Waals surface area contributed by atoms with Gasteiger partial charge in [-0.1, -0.05) is 0 Å². The summed E-state index contributed by atoms with van der Waals surface area (Å²) >= 11 is 0. The Morgan fingerprint density at radius 3 is 2.75 bits per heavy atom. The van der Waals surface area contributed by atoms with Crippen molar-refractivity contribution >= 4 is 5.91 Å². The van der Waals surface area contributed by atoms with Crippen molar-refractivity contribution < 1.29 is 18.3 Å². The second-order valence-corrected chi connectivity index (χ2v) is 7.21. The summed E-state index contributed by atoms with van der Waals surface area (Å²) < 4.78 is 32.4. The first-order valence-electron chi connectivity index (χ1n) is 8.68. The van der Waals surface area contributed by atoms with Crippen LogP contribution in [0.25, 0.3) is 0 Å². The number of hydrogen-bond donors (Lipinski definition) is 0. The third-order valence-corrected chi connectivity index (χ3v) is 5.28. The lowest BCUT2D eigenvalue weighted by Crippen LogP contribution is -2.35. The third kappa shape index (κ3) is 3.30. The highest BCUT2D eigenvalue weighted by Gasteiger charge is 2.39. The molecule has 0 N–H and O–H groups in total. The Morgan fingerprint density at radius 1 is 1.17 bits per heavy atom. The van der Waals surface area contributed by atoms with Crippen LogP contribution in [0.5, 0.6) is 0 Å². The van der Waals surface area contributed by atoms with Gasteiger partial charge in [0.15, 0.2) is 11.6 Å². The quantitative estimate of drug-likeness (QED) is 0.848. The zero-order chi connectivity index (χ0) is 16.7. The predicted molar refractivity (Wildman–Crippen MR) is 84.7 cm³/mol. The molecule has 4 nitrogen and oxygen atoms in total. The normalized spacial score (nSPS) is 27.8. The smallest absolute Gasteiger partial charge is 0.254 e. The van der Waals surface area contributed by atoms with Gasteiger partial charge in [0.25, 0.3) is 5.91 Å². The number of fused-ring (bicyclic) bond motifs is 1. The maximum atomic E-state index is 13.4. The summed E-state index contributed by atoms with van der Waals surface area (Å²) in [5, 5.41) is 0. The van der Waals surface area contributed by atoms with E-state index in [4.69, 9.17) is 4.74 Å². The van der Waals surface area contributed by atoms with Gasteiger partial charge in [0.05, 0.1) is 12.7 Å². The summed E-state index contributed by atoms with van der Waals surface area (Å²) in [7, 11) is 0. The van der Waals surface area contributed by atoms with E-state index in [1.54, 1.807) is 4.90 Å². The Morgan fingerprint density at radius 2 is 2.00 bits per heavy atom. The van der Waals surface area contributed by atoms with Gasteiger partial charge in [0.2, 0.25) is 0 Å². The molecule has 1 aromatic carbocycles. The average molecular weight is 336 g/mol. The molecule has 0 unspecified atom stereocenters. The molecule has 130 valence electrons. The van der Waals surface area contributed by atoms with Gasteiger partial charge in [-0.15, -0.1) is 0 Å². The Balaban J connectivity index is 1.42. The second-order valence-electron chi connectivity index (χ2n) is 7.21. The van der Waals surface area contributed by atoms with Crippen molar-refractivity contribution in [2.24, 2.45) is 11.8 Å². The average Bonchev–Trinajstić information content (AvgIpc) is 3.32. The number of ether oxygens (including phenoxy) is 1. The van der Waals surface area contributed by atoms with Crippen LogP contribution in [0.15, 0.2) is 18.2 Å². The molecule has 0 aromatic heterocycles. The highest BCUT2D eigenvalue weighted by molar-refractivity contribution is 5.94. The zero-order valence-electron chi connectivity index (χ0n) is 13.6. The van der Waals surface area contributed by atoms with Crippen LogP contribution in [-0.4, -0.2) is 61.1 Å². The lowest BCUT2D eigenvalue weighted by atomic mass is 10.1. The fourth-order valence-electron chi connectivity index (χ4n) is 3.77. The molecule has 1 amide bonds. The number of benzene rings is 1. The molecule has 2 atom stereocenters. The number of rotatable bonds is 3. The van der Waals surface area contributed by atoms with Crippen LogP contribution in [0.2, 0.25) is 0 Å². The molecule has 6 heteroatoms. The van der Waals surface area contributed by atoms with Crippen molar-refractivity contribution in [3.8, 4) is 0 Å². The van der Waals surface area contributed by atoms with Crippen LogP contribution in [0, 0.1) is 23.5 Å². The van der Waals surface area contributed by atoms with Gasteiger partial charge < -0.3 is 14.5 Å². The standard InChI is InChI=1S/C18H22F2N2O2/c19-15-4-3-13(7-16(15)20)18(23)22-10-14-9-21(8-12-1-2-12)5-6-24-17(14)11-22/h3-4,7,12,14,17H,1-2,5-6,8-11H2/t14-,17+/m0/s1. The fourth-order valence-corrected chi connectivity index (χ4v) is 3.77. The number of carbonyl (C=O) groups is 1. The van der Waals surface area contributed by atoms with Crippen LogP contribution in [0.4, 0.5) is 8.78 Å². The highest BCUT2D eigenvalue weighted by atomic mass is 19.2. The van der Waals surface area contributed by atoms with E-state index in [1.807, 2.05) is 0 Å². The Bertz CT molecular complexity index is 635. The summed E-state index contributed by atoms with van der Waals surface area (Å²) in [6, 6.07) is 3.33. The van der Waals surface area contributed by atoms with Crippen LogP contribution in [0.3, 0.4) is 0 Å². The zero-order valence-corrected chi connectivity index (χ0v) is 13.6. The second kappa shape index (κ2) is 6.41. The van der Waals surface area contributed by atoms with Gasteiger partial charge in [-0.3, -0.25) is 4.79 Å². The summed E-state index contributed by atoms with van der Waals surface area (Å²) in [5.74, 6) is -1.04. The van der Waals surface area contributed by atoms with Crippen LogP contribution >= 0.6 is 0 Å². The number of nitrogens with zero attached hydrogens (tertiary/aromatic N) is 2. The molecule has 0 bridgehead atoms. The monoisotopic (exact) mass is 336 g/mol. The summed E-state index contributed by atoms with van der Waals surface area (Å²) in [5.41, 5.74) is 0.195. The SMILES string of the molecule is O=C(c1ccc(F)c(F)c1)N1C[C@@H]2CN(CC3CC3)CCO[C@@H]2C1. The van der Waals surface area contributed by atoms with Gasteiger partial charge >= 0.3 is 0 Å². The van der Waals surface area contributed by atoms with Gasteiger partial charge in [-0.2, -0.15) is 0 Å².